The van der Waals surface area contributed by atoms with E-state index in [0.717, 1.165) is 16.7 Å². The number of hydrogen-bond donors (Lipinski definition) is 0. The molecule has 0 atom stereocenters. The predicted octanol–water partition coefficient (Wildman–Crippen LogP) is 3.95. The lowest BCUT2D eigenvalue weighted by Gasteiger charge is -2.08. The Bertz CT molecular complexity index is 659. The fraction of sp³-hybridized carbons (Fsp3) is 0.133. The second-order valence-electron chi connectivity index (χ2n) is 4.12. The van der Waals surface area contributed by atoms with E-state index in [-0.39, 0.29) is 5.97 Å². The molecule has 5 heteroatoms. The molecule has 2 aromatic rings. The minimum atomic E-state index is -0.362. The third kappa shape index (κ3) is 2.96. The van der Waals surface area contributed by atoms with Gasteiger partial charge in [-0.15, -0.1) is 0 Å². The van der Waals surface area contributed by atoms with Crippen LogP contribution in [0.3, 0.4) is 0 Å². The van der Waals surface area contributed by atoms with Gasteiger partial charge in [-0.1, -0.05) is 47.6 Å². The van der Waals surface area contributed by atoms with Gasteiger partial charge in [0.1, 0.15) is 0 Å². The molecule has 0 heterocycles. The van der Waals surface area contributed by atoms with Gasteiger partial charge in [0.2, 0.25) is 0 Å². The highest BCUT2D eigenvalue weighted by atomic mass is 16.5. The molecular weight excluding hydrogens is 254 g/mol. The first kappa shape index (κ1) is 13.6. The molecule has 0 saturated heterocycles. The van der Waals surface area contributed by atoms with Crippen molar-refractivity contribution < 1.29 is 9.53 Å². The van der Waals surface area contributed by atoms with Crippen molar-refractivity contribution in [2.75, 3.05) is 7.11 Å². The van der Waals surface area contributed by atoms with Crippen LogP contribution in [-0.2, 0) is 11.3 Å². The molecule has 0 radical (unpaired) electrons. The molecule has 0 aliphatic rings. The van der Waals surface area contributed by atoms with E-state index in [9.17, 15) is 4.79 Å². The highest BCUT2D eigenvalue weighted by molar-refractivity contribution is 5.97. The van der Waals surface area contributed by atoms with E-state index < -0.39 is 0 Å². The Morgan fingerprint density at radius 3 is 2.55 bits per heavy atom. The van der Waals surface area contributed by atoms with Crippen molar-refractivity contribution in [3.05, 3.63) is 70.1 Å². The average Bonchev–Trinajstić information content (AvgIpc) is 2.52. The lowest BCUT2D eigenvalue weighted by Crippen LogP contribution is -2.03. The van der Waals surface area contributed by atoms with E-state index in [1.54, 1.807) is 12.1 Å². The lowest BCUT2D eigenvalue weighted by atomic mass is 9.99. The van der Waals surface area contributed by atoms with E-state index in [1.165, 1.54) is 7.11 Å². The van der Waals surface area contributed by atoms with Crippen molar-refractivity contribution in [2.45, 2.75) is 6.54 Å². The molecule has 0 amide bonds. The van der Waals surface area contributed by atoms with Crippen molar-refractivity contribution in [2.24, 2.45) is 5.11 Å². The van der Waals surface area contributed by atoms with Gasteiger partial charge in [-0.2, -0.15) is 0 Å². The van der Waals surface area contributed by atoms with Crippen LogP contribution in [0.15, 0.2) is 53.6 Å². The number of carbonyl (C=O) groups is 1. The first-order valence-electron chi connectivity index (χ1n) is 6.03. The third-order valence-corrected chi connectivity index (χ3v) is 2.91. The van der Waals surface area contributed by atoms with Gasteiger partial charge in [0.15, 0.2) is 0 Å². The minimum Gasteiger partial charge on any atom is -0.465 e. The zero-order chi connectivity index (χ0) is 14.4. The zero-order valence-corrected chi connectivity index (χ0v) is 11.0. The summed E-state index contributed by atoms with van der Waals surface area (Å²) in [6, 6.07) is 14.8. The molecule has 0 spiro atoms. The Labute approximate surface area is 116 Å². The molecule has 5 nitrogen and oxygen atoms in total. The summed E-state index contributed by atoms with van der Waals surface area (Å²) in [4.78, 5) is 14.5. The Hall–Kier alpha value is -2.78. The standard InChI is InChI=1S/C15H13N3O2/c1-20-15(19)14-5-3-2-4-13(14)12-8-6-11(7-9-12)10-17-18-16/h2-9H,10H2,1H3. The molecule has 0 N–H and O–H groups in total. The summed E-state index contributed by atoms with van der Waals surface area (Å²) >= 11 is 0. The van der Waals surface area contributed by atoms with Crippen LogP contribution < -0.4 is 0 Å². The van der Waals surface area contributed by atoms with Crippen LogP contribution in [0.25, 0.3) is 21.6 Å². The van der Waals surface area contributed by atoms with Crippen LogP contribution in [-0.4, -0.2) is 13.1 Å². The van der Waals surface area contributed by atoms with E-state index >= 15 is 0 Å². The highest BCUT2D eigenvalue weighted by Gasteiger charge is 2.12. The fourth-order valence-corrected chi connectivity index (χ4v) is 1.93. The lowest BCUT2D eigenvalue weighted by molar-refractivity contribution is 0.0601. The molecule has 0 fully saturated rings. The van der Waals surface area contributed by atoms with Crippen molar-refractivity contribution in [3.63, 3.8) is 0 Å². The summed E-state index contributed by atoms with van der Waals surface area (Å²) in [6.45, 7) is 0.315. The van der Waals surface area contributed by atoms with Crippen molar-refractivity contribution in [1.29, 1.82) is 0 Å². The molecule has 0 saturated carbocycles. The average molecular weight is 267 g/mol. The van der Waals surface area contributed by atoms with Crippen LogP contribution >= 0.6 is 0 Å². The third-order valence-electron chi connectivity index (χ3n) is 2.91. The molecule has 100 valence electrons. The second kappa shape index (κ2) is 6.41. The van der Waals surface area contributed by atoms with Crippen LogP contribution in [0.4, 0.5) is 0 Å². The molecule has 0 aliphatic carbocycles. The van der Waals surface area contributed by atoms with Gasteiger partial charge < -0.3 is 4.74 Å². The van der Waals surface area contributed by atoms with E-state index in [0.29, 0.717) is 12.1 Å². The smallest absolute Gasteiger partial charge is 0.338 e. The van der Waals surface area contributed by atoms with Gasteiger partial charge in [0.05, 0.1) is 19.2 Å². The van der Waals surface area contributed by atoms with Gasteiger partial charge in [-0.3, -0.25) is 0 Å². The Kier molecular flexibility index (Phi) is 4.37. The normalized spacial score (nSPS) is 9.65. The van der Waals surface area contributed by atoms with E-state index in [4.69, 9.17) is 10.3 Å². The van der Waals surface area contributed by atoms with Gasteiger partial charge in [0, 0.05) is 4.91 Å². The van der Waals surface area contributed by atoms with E-state index in [1.807, 2.05) is 36.4 Å². The monoisotopic (exact) mass is 267 g/mol. The highest BCUT2D eigenvalue weighted by Crippen LogP contribution is 2.24. The maximum Gasteiger partial charge on any atom is 0.338 e. The second-order valence-corrected chi connectivity index (χ2v) is 4.12. The van der Waals surface area contributed by atoms with Crippen LogP contribution in [0.2, 0.25) is 0 Å². The van der Waals surface area contributed by atoms with Crippen LogP contribution in [0.5, 0.6) is 0 Å². The number of hydrogen-bond acceptors (Lipinski definition) is 3. The van der Waals surface area contributed by atoms with Crippen molar-refractivity contribution in [3.8, 4) is 11.1 Å². The number of ether oxygens (including phenoxy) is 1. The Morgan fingerprint density at radius 2 is 1.90 bits per heavy atom. The molecule has 0 aromatic heterocycles. The Balaban J connectivity index is 2.36. The zero-order valence-electron chi connectivity index (χ0n) is 11.0. The van der Waals surface area contributed by atoms with Crippen molar-refractivity contribution in [1.82, 2.24) is 0 Å². The molecular formula is C15H13N3O2. The number of carbonyl (C=O) groups excluding carboxylic acids is 1. The summed E-state index contributed by atoms with van der Waals surface area (Å²) in [6.07, 6.45) is 0. The number of benzene rings is 2. The maximum atomic E-state index is 11.7. The summed E-state index contributed by atoms with van der Waals surface area (Å²) in [7, 11) is 1.36. The van der Waals surface area contributed by atoms with Gasteiger partial charge in [-0.05, 0) is 28.3 Å². The van der Waals surface area contributed by atoms with Crippen LogP contribution in [0, 0.1) is 0 Å². The first-order chi connectivity index (χ1) is 9.76. The minimum absolute atomic E-state index is 0.315. The number of methoxy groups -OCH3 is 1. The number of nitrogens with zero attached hydrogens (tertiary/aromatic N) is 3. The summed E-state index contributed by atoms with van der Waals surface area (Å²) in [5.74, 6) is -0.362. The van der Waals surface area contributed by atoms with Crippen LogP contribution in [0.1, 0.15) is 15.9 Å². The summed E-state index contributed by atoms with van der Waals surface area (Å²) < 4.78 is 4.78. The fourth-order valence-electron chi connectivity index (χ4n) is 1.93. The molecule has 2 aromatic carbocycles. The largest absolute Gasteiger partial charge is 0.465 e. The number of esters is 1. The summed E-state index contributed by atoms with van der Waals surface area (Å²) in [5, 5.41) is 3.51. The van der Waals surface area contributed by atoms with Gasteiger partial charge >= 0.3 is 5.97 Å². The predicted molar refractivity (Wildman–Crippen MR) is 76.1 cm³/mol. The number of azide groups is 1. The first-order valence-corrected chi connectivity index (χ1v) is 6.03. The number of rotatable bonds is 4. The maximum absolute atomic E-state index is 11.7. The quantitative estimate of drug-likeness (QED) is 0.364. The topological polar surface area (TPSA) is 75.1 Å². The molecule has 0 aliphatic heterocycles. The molecule has 2 rings (SSSR count). The van der Waals surface area contributed by atoms with Gasteiger partial charge in [-0.25, -0.2) is 4.79 Å². The molecule has 0 bridgehead atoms. The SMILES string of the molecule is COC(=O)c1ccccc1-c1ccc(CN=[N+]=[N-])cc1. The summed E-state index contributed by atoms with van der Waals surface area (Å²) in [5.41, 5.74) is 11.5. The van der Waals surface area contributed by atoms with Crippen molar-refractivity contribution >= 4 is 5.97 Å². The molecule has 20 heavy (non-hydrogen) atoms. The molecule has 0 unspecified atom stereocenters. The van der Waals surface area contributed by atoms with Gasteiger partial charge in [0.25, 0.3) is 0 Å². The van der Waals surface area contributed by atoms with E-state index in [2.05, 4.69) is 10.0 Å². The Morgan fingerprint density at radius 1 is 1.20 bits per heavy atom.